The number of nitrogens with zero attached hydrogens (tertiary/aromatic N) is 2. The third-order valence-electron chi connectivity index (χ3n) is 3.26. The predicted molar refractivity (Wildman–Crippen MR) is 81.1 cm³/mol. The molecule has 0 radical (unpaired) electrons. The number of nitrogens with one attached hydrogen (secondary N) is 1. The fourth-order valence-corrected chi connectivity index (χ4v) is 2.19. The van der Waals surface area contributed by atoms with Crippen LogP contribution in [0.1, 0.15) is 15.9 Å². The molecule has 4 nitrogen and oxygen atoms in total. The number of hydrogen-bond acceptors (Lipinski definition) is 2. The molecule has 110 valence electrons. The highest BCUT2D eigenvalue weighted by molar-refractivity contribution is 5.97. The van der Waals surface area contributed by atoms with Gasteiger partial charge in [-0.1, -0.05) is 6.07 Å². The Morgan fingerprint density at radius 2 is 2.00 bits per heavy atom. The van der Waals surface area contributed by atoms with E-state index in [0.717, 1.165) is 5.56 Å². The molecule has 22 heavy (non-hydrogen) atoms. The quantitative estimate of drug-likeness (QED) is 0.804. The monoisotopic (exact) mass is 295 g/mol. The van der Waals surface area contributed by atoms with Crippen molar-refractivity contribution < 1.29 is 9.18 Å². The standard InChI is InChI=1S/C17H14FN3O/c18-14-5-6-16(21-8-1-2-9-21)15(10-14)17(22)20-12-13-4-3-7-19-11-13/h1-11H,12H2,(H,20,22). The number of amides is 1. The zero-order valence-electron chi connectivity index (χ0n) is 11.7. The molecule has 3 rings (SSSR count). The number of halogens is 1. The molecule has 1 aromatic carbocycles. The molecule has 5 heteroatoms. The van der Waals surface area contributed by atoms with Crippen LogP contribution >= 0.6 is 0 Å². The molecular weight excluding hydrogens is 281 g/mol. The van der Waals surface area contributed by atoms with Crippen LogP contribution in [0.2, 0.25) is 0 Å². The summed E-state index contributed by atoms with van der Waals surface area (Å²) < 4.78 is 15.3. The van der Waals surface area contributed by atoms with Gasteiger partial charge in [0, 0.05) is 31.3 Å². The molecule has 1 N–H and O–H groups in total. The lowest BCUT2D eigenvalue weighted by molar-refractivity contribution is 0.0950. The number of benzene rings is 1. The summed E-state index contributed by atoms with van der Waals surface area (Å²) in [6.45, 7) is 0.342. The lowest BCUT2D eigenvalue weighted by Gasteiger charge is -2.11. The number of hydrogen-bond donors (Lipinski definition) is 1. The Labute approximate surface area is 127 Å². The van der Waals surface area contributed by atoms with Crippen molar-refractivity contribution in [2.24, 2.45) is 0 Å². The van der Waals surface area contributed by atoms with Crippen molar-refractivity contribution in [3.05, 3.63) is 84.2 Å². The van der Waals surface area contributed by atoms with Crippen LogP contribution in [0, 0.1) is 5.82 Å². The summed E-state index contributed by atoms with van der Waals surface area (Å²) in [5, 5.41) is 2.79. The molecule has 0 aliphatic rings. The van der Waals surface area contributed by atoms with Crippen LogP contribution in [0.5, 0.6) is 0 Å². The summed E-state index contributed by atoms with van der Waals surface area (Å²) in [4.78, 5) is 16.4. The summed E-state index contributed by atoms with van der Waals surface area (Å²) in [7, 11) is 0. The van der Waals surface area contributed by atoms with E-state index in [1.165, 1.54) is 12.1 Å². The summed E-state index contributed by atoms with van der Waals surface area (Å²) in [6, 6.07) is 11.5. The van der Waals surface area contributed by atoms with E-state index >= 15 is 0 Å². The second-order valence-electron chi connectivity index (χ2n) is 4.80. The van der Waals surface area contributed by atoms with E-state index in [2.05, 4.69) is 10.3 Å². The molecule has 0 aliphatic carbocycles. The van der Waals surface area contributed by atoms with E-state index < -0.39 is 5.82 Å². The highest BCUT2D eigenvalue weighted by Crippen LogP contribution is 2.17. The van der Waals surface area contributed by atoms with E-state index in [0.29, 0.717) is 17.8 Å². The first-order chi connectivity index (χ1) is 10.7. The molecule has 3 aromatic rings. The summed E-state index contributed by atoms with van der Waals surface area (Å²) in [6.07, 6.45) is 6.97. The zero-order valence-corrected chi connectivity index (χ0v) is 11.7. The molecule has 0 saturated carbocycles. The first kappa shape index (κ1) is 14.0. The van der Waals surface area contributed by atoms with Crippen molar-refractivity contribution in [3.8, 4) is 5.69 Å². The van der Waals surface area contributed by atoms with Crippen LogP contribution < -0.4 is 5.32 Å². The van der Waals surface area contributed by atoms with Gasteiger partial charge in [0.2, 0.25) is 0 Å². The number of carbonyl (C=O) groups excluding carboxylic acids is 1. The summed E-state index contributed by atoms with van der Waals surface area (Å²) in [5.74, 6) is -0.769. The van der Waals surface area contributed by atoms with E-state index in [9.17, 15) is 9.18 Å². The van der Waals surface area contributed by atoms with Crippen LogP contribution in [0.25, 0.3) is 5.69 Å². The van der Waals surface area contributed by atoms with Gasteiger partial charge in [0.05, 0.1) is 11.3 Å². The van der Waals surface area contributed by atoms with Gasteiger partial charge in [-0.25, -0.2) is 4.39 Å². The lowest BCUT2D eigenvalue weighted by Crippen LogP contribution is -2.24. The molecule has 0 spiro atoms. The molecule has 0 aliphatic heterocycles. The molecule has 1 amide bonds. The van der Waals surface area contributed by atoms with Crippen molar-refractivity contribution in [1.82, 2.24) is 14.9 Å². The topological polar surface area (TPSA) is 46.9 Å². The number of carbonyl (C=O) groups is 1. The van der Waals surface area contributed by atoms with Gasteiger partial charge < -0.3 is 9.88 Å². The van der Waals surface area contributed by atoms with Gasteiger partial charge in [-0.2, -0.15) is 0 Å². The highest BCUT2D eigenvalue weighted by atomic mass is 19.1. The maximum absolute atomic E-state index is 13.5. The van der Waals surface area contributed by atoms with Crippen molar-refractivity contribution in [2.45, 2.75) is 6.54 Å². The summed E-state index contributed by atoms with van der Waals surface area (Å²) >= 11 is 0. The minimum Gasteiger partial charge on any atom is -0.348 e. The Kier molecular flexibility index (Phi) is 3.96. The van der Waals surface area contributed by atoms with Gasteiger partial charge >= 0.3 is 0 Å². The highest BCUT2D eigenvalue weighted by Gasteiger charge is 2.13. The predicted octanol–water partition coefficient (Wildman–Crippen LogP) is 2.94. The van der Waals surface area contributed by atoms with Gasteiger partial charge in [-0.05, 0) is 42.0 Å². The van der Waals surface area contributed by atoms with Gasteiger partial charge in [-0.15, -0.1) is 0 Å². The number of aromatic nitrogens is 2. The lowest BCUT2D eigenvalue weighted by atomic mass is 10.1. The third-order valence-corrected chi connectivity index (χ3v) is 3.26. The first-order valence-corrected chi connectivity index (χ1v) is 6.84. The molecule has 2 aromatic heterocycles. The van der Waals surface area contributed by atoms with Gasteiger partial charge in [0.25, 0.3) is 5.91 Å². The van der Waals surface area contributed by atoms with Crippen LogP contribution in [0.15, 0.2) is 67.3 Å². The maximum atomic E-state index is 13.5. The fraction of sp³-hybridized carbons (Fsp3) is 0.0588. The second-order valence-corrected chi connectivity index (χ2v) is 4.80. The first-order valence-electron chi connectivity index (χ1n) is 6.84. The fourth-order valence-electron chi connectivity index (χ4n) is 2.19. The van der Waals surface area contributed by atoms with Crippen molar-refractivity contribution in [2.75, 3.05) is 0 Å². The van der Waals surface area contributed by atoms with E-state index in [1.54, 1.807) is 29.1 Å². The van der Waals surface area contributed by atoms with E-state index in [4.69, 9.17) is 0 Å². The van der Waals surface area contributed by atoms with Crippen molar-refractivity contribution >= 4 is 5.91 Å². The van der Waals surface area contributed by atoms with Gasteiger partial charge in [0.1, 0.15) is 5.82 Å². The Balaban J connectivity index is 1.84. The molecule has 0 saturated heterocycles. The van der Waals surface area contributed by atoms with Crippen molar-refractivity contribution in [3.63, 3.8) is 0 Å². The van der Waals surface area contributed by atoms with Crippen LogP contribution in [-0.4, -0.2) is 15.5 Å². The van der Waals surface area contributed by atoms with Gasteiger partial charge in [0.15, 0.2) is 0 Å². The molecule has 2 heterocycles. The minimum absolute atomic E-state index is 0.292. The van der Waals surface area contributed by atoms with Crippen LogP contribution in [0.3, 0.4) is 0 Å². The Morgan fingerprint density at radius 1 is 1.18 bits per heavy atom. The Bertz CT molecular complexity index is 770. The molecule has 0 bridgehead atoms. The molecular formula is C17H14FN3O. The maximum Gasteiger partial charge on any atom is 0.253 e. The van der Waals surface area contributed by atoms with Crippen LogP contribution in [0.4, 0.5) is 4.39 Å². The average Bonchev–Trinajstić information content (AvgIpc) is 3.08. The number of rotatable bonds is 4. The average molecular weight is 295 g/mol. The third kappa shape index (κ3) is 3.03. The summed E-state index contributed by atoms with van der Waals surface area (Å²) in [5.41, 5.74) is 1.81. The normalized spacial score (nSPS) is 10.4. The van der Waals surface area contributed by atoms with E-state index in [-0.39, 0.29) is 5.91 Å². The largest absolute Gasteiger partial charge is 0.348 e. The molecule has 0 fully saturated rings. The van der Waals surface area contributed by atoms with Crippen LogP contribution in [-0.2, 0) is 6.54 Å². The smallest absolute Gasteiger partial charge is 0.253 e. The number of pyridine rings is 1. The zero-order chi connectivity index (χ0) is 15.4. The molecule has 0 unspecified atom stereocenters. The minimum atomic E-state index is -0.442. The SMILES string of the molecule is O=C(NCc1cccnc1)c1cc(F)ccc1-n1cccc1. The molecule has 0 atom stereocenters. The Hall–Kier alpha value is -2.95. The van der Waals surface area contributed by atoms with Crippen molar-refractivity contribution in [1.29, 1.82) is 0 Å². The van der Waals surface area contributed by atoms with E-state index in [1.807, 2.05) is 30.6 Å². The Morgan fingerprint density at radius 3 is 2.73 bits per heavy atom. The second kappa shape index (κ2) is 6.22. The van der Waals surface area contributed by atoms with Gasteiger partial charge in [-0.3, -0.25) is 9.78 Å².